The summed E-state index contributed by atoms with van der Waals surface area (Å²) in [5, 5.41) is 31.3. The third-order valence-corrected chi connectivity index (χ3v) is 20.1. The Labute approximate surface area is 614 Å². The van der Waals surface area contributed by atoms with Gasteiger partial charge in [0.15, 0.2) is 0 Å². The summed E-state index contributed by atoms with van der Waals surface area (Å²) >= 11 is 0. The van der Waals surface area contributed by atoms with Crippen molar-refractivity contribution in [3.63, 3.8) is 0 Å². The minimum atomic E-state index is -0.821. The fourth-order valence-corrected chi connectivity index (χ4v) is 14.2. The van der Waals surface area contributed by atoms with Crippen LogP contribution in [0.3, 0.4) is 0 Å². The van der Waals surface area contributed by atoms with Gasteiger partial charge in [-0.1, -0.05) is 30.7 Å². The van der Waals surface area contributed by atoms with Gasteiger partial charge in [0.2, 0.25) is 17.7 Å². The maximum absolute atomic E-state index is 13.4. The molecule has 5 aromatic carbocycles. The van der Waals surface area contributed by atoms with Crippen molar-refractivity contribution in [2.24, 2.45) is 11.7 Å². The molecule has 3 aromatic heterocycles. The first-order valence-electron chi connectivity index (χ1n) is 37.2. The summed E-state index contributed by atoms with van der Waals surface area (Å²) in [6.45, 7) is 15.9. The lowest BCUT2D eigenvalue weighted by molar-refractivity contribution is -0.135. The Morgan fingerprint density at radius 2 is 0.790 bits per heavy atom. The van der Waals surface area contributed by atoms with Crippen LogP contribution in [0.15, 0.2) is 140 Å². The molecule has 6 N–H and O–H groups in total. The molecule has 6 heterocycles. The van der Waals surface area contributed by atoms with Crippen molar-refractivity contribution in [1.82, 2.24) is 60.0 Å². The van der Waals surface area contributed by atoms with E-state index >= 15 is 0 Å². The highest BCUT2D eigenvalue weighted by molar-refractivity contribution is 5.99. The van der Waals surface area contributed by atoms with Gasteiger partial charge in [0.1, 0.15) is 36.0 Å². The van der Waals surface area contributed by atoms with Crippen molar-refractivity contribution < 1.29 is 47.4 Å². The SMILES string of the molecule is Cc1cc(C)n(-c2ccc(C(=O)N[C@@H](CC=O)C(=O)N3CCCCC3)cc2)n1.Cc1cc(C)n(-c2ccc(C(=O)N[C@@H](CCC[C@@H]3C[C@H]3c3ccc(F)cc3)C(=O)N3CCCCC3)cc2)n1.Cc1cc(C)n(-c2ccc(C(=O)N[C@@H](CCO)C(=O)N3CCCCC3)cc2)n1.N[C@@H]1C[C@H]1c1ccc(F)cc1. The van der Waals surface area contributed by atoms with Crippen LogP contribution in [0.1, 0.15) is 191 Å². The number of aryl methyl sites for hydroxylation is 6. The molecular weight excluding hydrogens is 1330 g/mol. The number of piperidine rings is 3. The van der Waals surface area contributed by atoms with Gasteiger partial charge in [0.05, 0.1) is 34.1 Å². The predicted molar refractivity (Wildman–Crippen MR) is 399 cm³/mol. The first-order valence-corrected chi connectivity index (χ1v) is 37.2. The number of likely N-dealkylation sites (tertiary alicyclic amines) is 3. The molecule has 5 aliphatic rings. The van der Waals surface area contributed by atoms with Crippen molar-refractivity contribution in [1.29, 1.82) is 0 Å². The lowest BCUT2D eigenvalue weighted by Crippen LogP contribution is -2.50. The molecule has 0 unspecified atom stereocenters. The molecular formula is C82H101F2N13O8. The maximum atomic E-state index is 13.4. The van der Waals surface area contributed by atoms with Gasteiger partial charge >= 0.3 is 0 Å². The number of nitrogens with one attached hydrogen (secondary N) is 3. The third-order valence-electron chi connectivity index (χ3n) is 20.1. The number of nitrogens with two attached hydrogens (primary N) is 1. The second-order valence-electron chi connectivity index (χ2n) is 28.5. The van der Waals surface area contributed by atoms with Gasteiger partial charge in [-0.2, -0.15) is 15.3 Å². The van der Waals surface area contributed by atoms with E-state index in [0.717, 1.165) is 148 Å². The normalized spacial score (nSPS) is 18.2. The van der Waals surface area contributed by atoms with Crippen LogP contribution in [-0.2, 0) is 19.2 Å². The Bertz CT molecular complexity index is 4220. The van der Waals surface area contributed by atoms with E-state index in [1.54, 1.807) is 46.2 Å². The van der Waals surface area contributed by atoms with Crippen molar-refractivity contribution in [2.45, 2.75) is 180 Å². The topological polar surface area (TPSA) is 265 Å². The molecule has 2 saturated carbocycles. The lowest BCUT2D eigenvalue weighted by Gasteiger charge is -2.31. The van der Waals surface area contributed by atoms with Crippen LogP contribution in [0.4, 0.5) is 8.78 Å². The second-order valence-corrected chi connectivity index (χ2v) is 28.5. The zero-order chi connectivity index (χ0) is 74.7. The summed E-state index contributed by atoms with van der Waals surface area (Å²) in [5.41, 5.74) is 17.9. The molecule has 21 nitrogen and oxygen atoms in total. The molecule has 5 fully saturated rings. The molecule has 8 aromatic rings. The zero-order valence-electron chi connectivity index (χ0n) is 61.3. The van der Waals surface area contributed by atoms with E-state index in [1.165, 1.54) is 35.4 Å². The zero-order valence-corrected chi connectivity index (χ0v) is 61.3. The Hall–Kier alpha value is -10.0. The first kappa shape index (κ1) is 77.6. The quantitative estimate of drug-likeness (QED) is 0.0397. The van der Waals surface area contributed by atoms with E-state index in [1.807, 2.05) is 139 Å². The van der Waals surface area contributed by atoms with Crippen LogP contribution < -0.4 is 21.7 Å². The monoisotopic (exact) mass is 1430 g/mol. The Balaban J connectivity index is 0.000000159. The fourth-order valence-electron chi connectivity index (χ4n) is 14.2. The Kier molecular flexibility index (Phi) is 27.4. The summed E-state index contributed by atoms with van der Waals surface area (Å²) in [4.78, 5) is 93.7. The highest BCUT2D eigenvalue weighted by Gasteiger charge is 2.39. The highest BCUT2D eigenvalue weighted by atomic mass is 19.1. The molecule has 556 valence electrons. The molecule has 13 rings (SSSR count). The smallest absolute Gasteiger partial charge is 0.251 e. The summed E-state index contributed by atoms with van der Waals surface area (Å²) in [5.74, 6) is -0.0349. The van der Waals surface area contributed by atoms with E-state index in [2.05, 4.69) is 31.2 Å². The fraction of sp³-hybridized carbons (Fsp3) is 0.439. The van der Waals surface area contributed by atoms with Gasteiger partial charge in [0.25, 0.3) is 17.7 Å². The lowest BCUT2D eigenvalue weighted by atomic mass is 10.0. The van der Waals surface area contributed by atoms with Crippen molar-refractivity contribution in [3.8, 4) is 17.1 Å². The minimum Gasteiger partial charge on any atom is -0.396 e. The summed E-state index contributed by atoms with van der Waals surface area (Å²) in [7, 11) is 0. The molecule has 3 saturated heterocycles. The first-order chi connectivity index (χ1) is 50.6. The van der Waals surface area contributed by atoms with Gasteiger partial charge in [-0.05, 0) is 270 Å². The van der Waals surface area contributed by atoms with Crippen LogP contribution in [0.2, 0.25) is 0 Å². The predicted octanol–water partition coefficient (Wildman–Crippen LogP) is 11.5. The Morgan fingerprint density at radius 3 is 1.10 bits per heavy atom. The Morgan fingerprint density at radius 1 is 0.467 bits per heavy atom. The third kappa shape index (κ3) is 21.6. The van der Waals surface area contributed by atoms with Crippen LogP contribution in [0.25, 0.3) is 17.1 Å². The van der Waals surface area contributed by atoms with Gasteiger partial charge in [-0.3, -0.25) is 28.8 Å². The number of hydrogen-bond acceptors (Lipinski definition) is 12. The highest BCUT2D eigenvalue weighted by Crippen LogP contribution is 2.50. The molecule has 0 radical (unpaired) electrons. The van der Waals surface area contributed by atoms with E-state index in [9.17, 15) is 47.4 Å². The number of nitrogens with zero attached hydrogens (tertiary/aromatic N) is 9. The van der Waals surface area contributed by atoms with E-state index in [-0.39, 0.29) is 66.5 Å². The number of aliphatic hydroxyl groups is 1. The maximum Gasteiger partial charge on any atom is 0.251 e. The molecule has 7 atom stereocenters. The largest absolute Gasteiger partial charge is 0.396 e. The number of halogens is 2. The molecule has 6 amide bonds. The van der Waals surface area contributed by atoms with Gasteiger partial charge in [0, 0.05) is 98.0 Å². The number of aromatic nitrogens is 6. The molecule has 3 aliphatic heterocycles. The van der Waals surface area contributed by atoms with Crippen molar-refractivity contribution >= 4 is 41.7 Å². The van der Waals surface area contributed by atoms with Crippen LogP contribution in [0.5, 0.6) is 0 Å². The number of rotatable bonds is 22. The number of aldehydes is 1. The summed E-state index contributed by atoms with van der Waals surface area (Å²) < 4.78 is 31.2. The van der Waals surface area contributed by atoms with Crippen LogP contribution >= 0.6 is 0 Å². The minimum absolute atomic E-state index is 0.0229. The van der Waals surface area contributed by atoms with Crippen molar-refractivity contribution in [3.05, 3.63) is 213 Å². The average molecular weight is 1430 g/mol. The van der Waals surface area contributed by atoms with Gasteiger partial charge in [-0.25, -0.2) is 22.8 Å². The summed E-state index contributed by atoms with van der Waals surface area (Å²) in [6.07, 6.45) is 14.8. The summed E-state index contributed by atoms with van der Waals surface area (Å²) in [6, 6.07) is 39.2. The van der Waals surface area contributed by atoms with Gasteiger partial charge < -0.3 is 46.3 Å². The number of hydrogen-bond donors (Lipinski definition) is 5. The number of amides is 6. The number of benzene rings is 5. The molecule has 0 bridgehead atoms. The molecule has 105 heavy (non-hydrogen) atoms. The second kappa shape index (κ2) is 37.1. The number of carbonyl (C=O) groups is 7. The standard InChI is InChI=1S/C31H37FN4O2.C21H28N4O3.C21H26N4O3.C9H10FN/c1-21-19-22(2)36(34-21)27-15-11-24(12-16-27)30(37)33-29(31(38)35-17-4-3-5-18-35)8-6-7-25-20-28(25)23-9-13-26(32)14-10-23;2*1-15-14-16(2)25(23-15)18-8-6-17(7-9-18)20(27)22-19(10-13-26)21(28)24-11-4-3-5-12-24;10-7-3-1-6(2-4-7)8-5-9(8)11/h9-16,19,25,28-29H,3-8,17-18,20H2,1-2H3,(H,33,37);6-9,14,19,26H,3-5,10-13H2,1-2H3,(H,22,27);6-9,13-14,19H,3-5,10-12H2,1-2H3,(H,22,27);1-4,8-9H,5,11H2/t25-,28+,29+;2*19-;8-,9+/m1000/s1. The van der Waals surface area contributed by atoms with Crippen LogP contribution in [0, 0.1) is 59.1 Å². The molecule has 23 heteroatoms. The average Bonchev–Trinajstić information content (AvgIpc) is 1.61. The molecule has 0 spiro atoms. The van der Waals surface area contributed by atoms with Gasteiger partial charge in [-0.15, -0.1) is 0 Å². The van der Waals surface area contributed by atoms with E-state index in [0.29, 0.717) is 79.4 Å². The van der Waals surface area contributed by atoms with E-state index < -0.39 is 18.1 Å². The van der Waals surface area contributed by atoms with E-state index in [4.69, 9.17) is 5.73 Å². The van der Waals surface area contributed by atoms with Crippen LogP contribution in [-0.4, -0.2) is 161 Å². The van der Waals surface area contributed by atoms with Crippen molar-refractivity contribution in [2.75, 3.05) is 45.9 Å². The number of aliphatic hydroxyl groups excluding tert-OH is 1. The molecule has 2 aliphatic carbocycles. The number of carbonyl (C=O) groups excluding carboxylic acids is 7.